The van der Waals surface area contributed by atoms with Crippen molar-refractivity contribution in [2.45, 2.75) is 31.4 Å². The molecule has 37 heavy (non-hydrogen) atoms. The number of esters is 1. The Morgan fingerprint density at radius 1 is 1.11 bits per heavy atom. The zero-order valence-corrected chi connectivity index (χ0v) is 21.6. The van der Waals surface area contributed by atoms with Crippen LogP contribution in [0.25, 0.3) is 0 Å². The van der Waals surface area contributed by atoms with Gasteiger partial charge in [0, 0.05) is 30.3 Å². The molecular formula is C25H27N3O7S2. The van der Waals surface area contributed by atoms with Crippen LogP contribution in [-0.4, -0.2) is 51.1 Å². The van der Waals surface area contributed by atoms with Gasteiger partial charge in [0.2, 0.25) is 0 Å². The Kier molecular flexibility index (Phi) is 10.7. The number of anilines is 1. The minimum Gasteiger partial charge on any atom is -0.453 e. The molecule has 12 heteroatoms. The number of nitrogens with one attached hydrogen (secondary N) is 2. The summed E-state index contributed by atoms with van der Waals surface area (Å²) in [5.41, 5.74) is 2.88. The van der Waals surface area contributed by atoms with Gasteiger partial charge >= 0.3 is 12.1 Å². The summed E-state index contributed by atoms with van der Waals surface area (Å²) in [6, 6.07) is 15.3. The molecule has 3 rings (SSSR count). The molecule has 0 aliphatic heterocycles. The molecule has 2 aromatic carbocycles. The topological polar surface area (TPSA) is 144 Å². The Morgan fingerprint density at radius 2 is 1.81 bits per heavy atom. The van der Waals surface area contributed by atoms with Crippen LogP contribution in [-0.2, 0) is 49.4 Å². The highest BCUT2D eigenvalue weighted by molar-refractivity contribution is 7.79. The van der Waals surface area contributed by atoms with Crippen molar-refractivity contribution in [3.05, 3.63) is 81.8 Å². The molecule has 0 aliphatic carbocycles. The van der Waals surface area contributed by atoms with E-state index in [1.165, 1.54) is 18.4 Å². The van der Waals surface area contributed by atoms with E-state index in [4.69, 9.17) is 9.29 Å². The first-order valence-corrected chi connectivity index (χ1v) is 13.4. The molecule has 196 valence electrons. The van der Waals surface area contributed by atoms with Gasteiger partial charge in [0.15, 0.2) is 17.2 Å². The van der Waals surface area contributed by atoms with Gasteiger partial charge < -0.3 is 29.5 Å². The van der Waals surface area contributed by atoms with Crippen LogP contribution >= 0.6 is 11.3 Å². The molecule has 10 nitrogen and oxygen atoms in total. The van der Waals surface area contributed by atoms with Crippen LogP contribution in [0.15, 0.2) is 60.0 Å². The third-order valence-corrected chi connectivity index (χ3v) is 6.59. The van der Waals surface area contributed by atoms with Gasteiger partial charge in [-0.05, 0) is 23.3 Å². The van der Waals surface area contributed by atoms with Gasteiger partial charge in [-0.3, -0.25) is 0 Å². The summed E-state index contributed by atoms with van der Waals surface area (Å²) in [5, 5.41) is 7.63. The van der Waals surface area contributed by atoms with E-state index in [1.807, 2.05) is 30.3 Å². The monoisotopic (exact) mass is 545 g/mol. The molecule has 0 bridgehead atoms. The quantitative estimate of drug-likeness (QED) is 0.167. The number of benzene rings is 2. The lowest BCUT2D eigenvalue weighted by Crippen LogP contribution is -2.43. The normalized spacial score (nSPS) is 13.1. The third-order valence-electron chi connectivity index (χ3n) is 5.22. The average Bonchev–Trinajstić information content (AvgIpc) is 3.36. The number of rotatable bonds is 13. The van der Waals surface area contributed by atoms with Crippen molar-refractivity contribution in [3.8, 4) is 0 Å². The summed E-state index contributed by atoms with van der Waals surface area (Å²) < 4.78 is 30.4. The summed E-state index contributed by atoms with van der Waals surface area (Å²) in [6.45, 7) is 0. The average molecular weight is 546 g/mol. The second-order valence-electron chi connectivity index (χ2n) is 7.90. The second-order valence-corrected chi connectivity index (χ2v) is 9.72. The number of nitrogens with zero attached hydrogens (tertiary/aromatic N) is 1. The van der Waals surface area contributed by atoms with Crippen molar-refractivity contribution in [3.63, 3.8) is 0 Å². The molecule has 3 atom stereocenters. The molecule has 0 saturated carbocycles. The van der Waals surface area contributed by atoms with Crippen LogP contribution in [0.2, 0.25) is 0 Å². The summed E-state index contributed by atoms with van der Waals surface area (Å²) in [6.07, 6.45) is -0.168. The first-order valence-electron chi connectivity index (χ1n) is 11.2. The molecule has 1 amide bonds. The molecule has 0 radical (unpaired) electrons. The lowest BCUT2D eigenvalue weighted by molar-refractivity contribution is -0.152. The number of amides is 1. The van der Waals surface area contributed by atoms with Crippen LogP contribution in [0.1, 0.15) is 27.9 Å². The summed E-state index contributed by atoms with van der Waals surface area (Å²) in [7, 11) is 1.21. The lowest BCUT2D eigenvalue weighted by Gasteiger charge is -2.22. The third kappa shape index (κ3) is 9.08. The van der Waals surface area contributed by atoms with E-state index in [0.717, 1.165) is 17.4 Å². The highest BCUT2D eigenvalue weighted by Crippen LogP contribution is 2.27. The predicted octanol–water partition coefficient (Wildman–Crippen LogP) is 3.27. The fourth-order valence-corrected chi connectivity index (χ4v) is 4.56. The Morgan fingerprint density at radius 3 is 2.46 bits per heavy atom. The maximum absolute atomic E-state index is 13.3. The van der Waals surface area contributed by atoms with Crippen LogP contribution in [0.3, 0.4) is 0 Å². The van der Waals surface area contributed by atoms with E-state index in [2.05, 4.69) is 20.4 Å². The molecule has 3 aromatic rings. The first-order chi connectivity index (χ1) is 17.9. The van der Waals surface area contributed by atoms with Crippen molar-refractivity contribution >= 4 is 46.5 Å². The maximum atomic E-state index is 13.3. The van der Waals surface area contributed by atoms with Crippen LogP contribution in [0, 0.1) is 0 Å². The molecular weight excluding hydrogens is 518 g/mol. The highest BCUT2D eigenvalue weighted by atomic mass is 32.2. The summed E-state index contributed by atoms with van der Waals surface area (Å²) in [5.74, 6) is -0.760. The fraction of sp³-hybridized carbons (Fsp3) is 0.280. The zero-order valence-electron chi connectivity index (χ0n) is 20.0. The number of aromatic nitrogens is 1. The van der Waals surface area contributed by atoms with Gasteiger partial charge in [-0.15, -0.1) is 11.3 Å². The van der Waals surface area contributed by atoms with Gasteiger partial charge in [0.1, 0.15) is 23.2 Å². The molecule has 0 fully saturated rings. The number of carbonyl (C=O) groups excluding carboxylic acids is 3. The van der Waals surface area contributed by atoms with E-state index < -0.39 is 35.3 Å². The van der Waals surface area contributed by atoms with E-state index in [-0.39, 0.29) is 25.1 Å². The van der Waals surface area contributed by atoms with Crippen LogP contribution < -0.4 is 10.6 Å². The SMILES string of the molecule is COC(=O)NC(Cc1ccccc1)C(=O)OC(Cc1ccc(NCS(=O)O)cc1)c1nc(CC=O)cs1. The minimum absolute atomic E-state index is 0.103. The number of ether oxygens (including phenoxy) is 2. The Bertz CT molecular complexity index is 1200. The van der Waals surface area contributed by atoms with Gasteiger partial charge in [-0.2, -0.15) is 0 Å². The number of methoxy groups -OCH3 is 1. The summed E-state index contributed by atoms with van der Waals surface area (Å²) in [4.78, 5) is 40.6. The lowest BCUT2D eigenvalue weighted by atomic mass is 10.1. The molecule has 3 unspecified atom stereocenters. The van der Waals surface area contributed by atoms with Gasteiger partial charge in [-0.1, -0.05) is 42.5 Å². The zero-order chi connectivity index (χ0) is 26.6. The van der Waals surface area contributed by atoms with Crippen molar-refractivity contribution in [2.24, 2.45) is 0 Å². The van der Waals surface area contributed by atoms with Gasteiger partial charge in [-0.25, -0.2) is 18.8 Å². The van der Waals surface area contributed by atoms with E-state index in [9.17, 15) is 18.6 Å². The predicted molar refractivity (Wildman–Crippen MR) is 140 cm³/mol. The molecule has 1 heterocycles. The molecule has 0 spiro atoms. The smallest absolute Gasteiger partial charge is 0.407 e. The Balaban J connectivity index is 1.81. The standard InChI is InChI=1S/C25H27N3O7S2/c1-34-25(31)28-21(13-17-5-3-2-4-6-17)24(30)35-22(23-27-20(11-12-29)15-36-23)14-18-7-9-19(10-8-18)26-16-37(32)33/h2-10,12,15,21-22,26H,11,13-14,16H2,1H3,(H,28,31)(H,32,33). The van der Waals surface area contributed by atoms with Crippen molar-refractivity contribution in [1.29, 1.82) is 0 Å². The van der Waals surface area contributed by atoms with Gasteiger partial charge in [0.25, 0.3) is 0 Å². The Hall–Kier alpha value is -3.61. The Labute approximate surface area is 220 Å². The van der Waals surface area contributed by atoms with Crippen LogP contribution in [0.4, 0.5) is 10.5 Å². The van der Waals surface area contributed by atoms with Gasteiger partial charge in [0.05, 0.1) is 12.8 Å². The van der Waals surface area contributed by atoms with E-state index >= 15 is 0 Å². The summed E-state index contributed by atoms with van der Waals surface area (Å²) >= 11 is -0.701. The maximum Gasteiger partial charge on any atom is 0.407 e. The molecule has 1 aromatic heterocycles. The van der Waals surface area contributed by atoms with E-state index in [1.54, 1.807) is 29.6 Å². The first kappa shape index (κ1) is 28.0. The van der Waals surface area contributed by atoms with Crippen molar-refractivity contribution in [2.75, 3.05) is 18.3 Å². The van der Waals surface area contributed by atoms with E-state index in [0.29, 0.717) is 16.4 Å². The molecule has 0 aliphatic rings. The number of hydrogen-bond donors (Lipinski definition) is 3. The number of hydrogen-bond acceptors (Lipinski definition) is 9. The second kappa shape index (κ2) is 14.2. The minimum atomic E-state index is -1.98. The fourth-order valence-electron chi connectivity index (χ4n) is 3.41. The number of aldehydes is 1. The van der Waals surface area contributed by atoms with Crippen molar-refractivity contribution < 1.29 is 32.6 Å². The molecule has 3 N–H and O–H groups in total. The number of carbonyl (C=O) groups is 3. The van der Waals surface area contributed by atoms with Crippen molar-refractivity contribution in [1.82, 2.24) is 10.3 Å². The largest absolute Gasteiger partial charge is 0.453 e. The number of thiazole rings is 1. The number of alkyl carbamates (subject to hydrolysis) is 1. The molecule has 0 saturated heterocycles. The highest BCUT2D eigenvalue weighted by Gasteiger charge is 2.28. The van der Waals surface area contributed by atoms with Crippen LogP contribution in [0.5, 0.6) is 0 Å².